The Bertz CT molecular complexity index is 411. The molecule has 4 nitrogen and oxygen atoms in total. The van der Waals surface area contributed by atoms with Gasteiger partial charge >= 0.3 is 0 Å². The first kappa shape index (κ1) is 12.6. The largest absolute Gasteiger partial charge is 0.480 e. The summed E-state index contributed by atoms with van der Waals surface area (Å²) in [7, 11) is 1.63. The van der Waals surface area contributed by atoms with Crippen molar-refractivity contribution < 1.29 is 4.74 Å². The van der Waals surface area contributed by atoms with Gasteiger partial charge in [-0.1, -0.05) is 6.92 Å². The summed E-state index contributed by atoms with van der Waals surface area (Å²) in [6.45, 7) is 6.30. The van der Waals surface area contributed by atoms with Crippen LogP contribution in [0.5, 0.6) is 5.88 Å². The summed E-state index contributed by atoms with van der Waals surface area (Å²) in [5.41, 5.74) is 0.921. The summed E-state index contributed by atoms with van der Waals surface area (Å²) in [4.78, 5) is 11.2. The van der Waals surface area contributed by atoms with Crippen molar-refractivity contribution in [3.05, 3.63) is 10.2 Å². The molecule has 1 unspecified atom stereocenters. The van der Waals surface area contributed by atoms with Crippen LogP contribution < -0.4 is 9.64 Å². The summed E-state index contributed by atoms with van der Waals surface area (Å²) in [5, 5.41) is 0. The van der Waals surface area contributed by atoms with Crippen LogP contribution in [0.15, 0.2) is 4.47 Å². The second kappa shape index (κ2) is 5.21. The lowest BCUT2D eigenvalue weighted by Gasteiger charge is -2.31. The van der Waals surface area contributed by atoms with Crippen molar-refractivity contribution in [2.75, 3.05) is 25.1 Å². The van der Waals surface area contributed by atoms with Crippen LogP contribution in [0.25, 0.3) is 0 Å². The minimum Gasteiger partial charge on any atom is -0.480 e. The number of aromatic nitrogens is 2. The van der Waals surface area contributed by atoms with Crippen LogP contribution in [0.2, 0.25) is 0 Å². The minimum absolute atomic E-state index is 0.616. The van der Waals surface area contributed by atoms with Gasteiger partial charge in [-0.05, 0) is 41.6 Å². The van der Waals surface area contributed by atoms with Gasteiger partial charge in [-0.15, -0.1) is 0 Å². The molecular weight excluding hydrogens is 282 g/mol. The van der Waals surface area contributed by atoms with Crippen LogP contribution in [-0.4, -0.2) is 30.2 Å². The lowest BCUT2D eigenvalue weighted by atomic mass is 10.0. The molecular formula is C12H18BrN3O. The average molecular weight is 300 g/mol. The van der Waals surface area contributed by atoms with E-state index in [0.717, 1.165) is 29.2 Å². The third-order valence-electron chi connectivity index (χ3n) is 3.11. The first-order chi connectivity index (χ1) is 8.11. The summed E-state index contributed by atoms with van der Waals surface area (Å²) >= 11 is 3.44. The number of methoxy groups -OCH3 is 1. The topological polar surface area (TPSA) is 38.2 Å². The fraction of sp³-hybridized carbons (Fsp3) is 0.667. The van der Waals surface area contributed by atoms with E-state index in [0.29, 0.717) is 11.8 Å². The van der Waals surface area contributed by atoms with Crippen LogP contribution in [-0.2, 0) is 0 Å². The Morgan fingerprint density at radius 3 is 2.82 bits per heavy atom. The molecule has 1 atom stereocenters. The van der Waals surface area contributed by atoms with Gasteiger partial charge in [-0.2, -0.15) is 4.98 Å². The smallest absolute Gasteiger partial charge is 0.232 e. The number of hydrogen-bond acceptors (Lipinski definition) is 4. The van der Waals surface area contributed by atoms with E-state index in [4.69, 9.17) is 4.74 Å². The first-order valence-corrected chi connectivity index (χ1v) is 6.74. The summed E-state index contributed by atoms with van der Waals surface area (Å²) in [5.74, 6) is 2.11. The zero-order valence-electron chi connectivity index (χ0n) is 10.5. The van der Waals surface area contributed by atoms with E-state index in [9.17, 15) is 0 Å². The van der Waals surface area contributed by atoms with Gasteiger partial charge in [0.05, 0.1) is 12.8 Å². The molecule has 0 aromatic carbocycles. The first-order valence-electron chi connectivity index (χ1n) is 5.95. The van der Waals surface area contributed by atoms with Crippen LogP contribution in [0.3, 0.4) is 0 Å². The number of halogens is 1. The zero-order chi connectivity index (χ0) is 12.4. The Hall–Kier alpha value is -0.840. The summed E-state index contributed by atoms with van der Waals surface area (Å²) in [6.07, 6.45) is 2.51. The molecule has 1 aromatic heterocycles. The van der Waals surface area contributed by atoms with Crippen molar-refractivity contribution in [2.45, 2.75) is 26.7 Å². The molecule has 1 saturated heterocycles. The fourth-order valence-electron chi connectivity index (χ4n) is 2.17. The average Bonchev–Trinajstić information content (AvgIpc) is 2.32. The Morgan fingerprint density at radius 1 is 1.41 bits per heavy atom. The maximum atomic E-state index is 5.26. The summed E-state index contributed by atoms with van der Waals surface area (Å²) in [6, 6.07) is 0. The van der Waals surface area contributed by atoms with E-state index >= 15 is 0 Å². The summed E-state index contributed by atoms with van der Waals surface area (Å²) < 4.78 is 6.10. The zero-order valence-corrected chi connectivity index (χ0v) is 12.1. The van der Waals surface area contributed by atoms with Gasteiger partial charge in [0, 0.05) is 13.1 Å². The monoisotopic (exact) mass is 299 g/mol. The quantitative estimate of drug-likeness (QED) is 0.842. The van der Waals surface area contributed by atoms with E-state index in [1.165, 1.54) is 12.8 Å². The number of piperidine rings is 1. The molecule has 0 N–H and O–H groups in total. The second-order valence-corrected chi connectivity index (χ2v) is 5.42. The Morgan fingerprint density at radius 2 is 2.18 bits per heavy atom. The number of nitrogens with zero attached hydrogens (tertiary/aromatic N) is 3. The molecule has 0 aliphatic carbocycles. The molecule has 0 spiro atoms. The molecule has 0 amide bonds. The van der Waals surface area contributed by atoms with Crippen molar-refractivity contribution in [3.8, 4) is 5.88 Å². The third-order valence-corrected chi connectivity index (χ3v) is 4.02. The Kier molecular flexibility index (Phi) is 3.86. The highest BCUT2D eigenvalue weighted by Gasteiger charge is 2.20. The maximum Gasteiger partial charge on any atom is 0.232 e. The van der Waals surface area contributed by atoms with Gasteiger partial charge in [0.25, 0.3) is 0 Å². The molecule has 17 heavy (non-hydrogen) atoms. The Labute approximate surface area is 111 Å². The molecule has 0 radical (unpaired) electrons. The van der Waals surface area contributed by atoms with Crippen molar-refractivity contribution in [1.82, 2.24) is 9.97 Å². The third kappa shape index (κ3) is 2.70. The van der Waals surface area contributed by atoms with E-state index in [-0.39, 0.29) is 0 Å². The maximum absolute atomic E-state index is 5.26. The molecule has 1 aromatic rings. The number of aryl methyl sites for hydroxylation is 1. The number of hydrogen-bond donors (Lipinski definition) is 0. The highest BCUT2D eigenvalue weighted by molar-refractivity contribution is 9.10. The number of ether oxygens (including phenoxy) is 1. The molecule has 2 rings (SSSR count). The predicted octanol–water partition coefficient (Wildman–Crippen LogP) is 2.79. The van der Waals surface area contributed by atoms with Crippen molar-refractivity contribution >= 4 is 21.9 Å². The fourth-order valence-corrected chi connectivity index (χ4v) is 2.51. The second-order valence-electron chi connectivity index (χ2n) is 4.63. The lowest BCUT2D eigenvalue weighted by Crippen LogP contribution is -2.35. The SMILES string of the molecule is COc1nc(N2CCCC(C)C2)nc(C)c1Br. The molecule has 1 aliphatic heterocycles. The molecule has 2 heterocycles. The Balaban J connectivity index is 2.29. The van der Waals surface area contributed by atoms with Crippen LogP contribution in [0, 0.1) is 12.8 Å². The van der Waals surface area contributed by atoms with E-state index in [1.807, 2.05) is 6.92 Å². The van der Waals surface area contributed by atoms with Gasteiger partial charge in [-0.3, -0.25) is 0 Å². The lowest BCUT2D eigenvalue weighted by molar-refractivity contribution is 0.390. The predicted molar refractivity (Wildman–Crippen MR) is 71.6 cm³/mol. The van der Waals surface area contributed by atoms with Gasteiger partial charge in [-0.25, -0.2) is 4.98 Å². The van der Waals surface area contributed by atoms with Gasteiger partial charge in [0.15, 0.2) is 0 Å². The molecule has 94 valence electrons. The molecule has 5 heteroatoms. The highest BCUT2D eigenvalue weighted by Crippen LogP contribution is 2.28. The van der Waals surface area contributed by atoms with Crippen molar-refractivity contribution in [3.63, 3.8) is 0 Å². The van der Waals surface area contributed by atoms with Crippen LogP contribution in [0.1, 0.15) is 25.5 Å². The van der Waals surface area contributed by atoms with Crippen molar-refractivity contribution in [2.24, 2.45) is 5.92 Å². The highest BCUT2D eigenvalue weighted by atomic mass is 79.9. The van der Waals surface area contributed by atoms with E-state index in [2.05, 4.69) is 37.7 Å². The molecule has 1 aliphatic rings. The normalized spacial score (nSPS) is 20.5. The number of anilines is 1. The minimum atomic E-state index is 0.616. The van der Waals surface area contributed by atoms with E-state index < -0.39 is 0 Å². The van der Waals surface area contributed by atoms with Gasteiger partial charge < -0.3 is 9.64 Å². The molecule has 1 fully saturated rings. The van der Waals surface area contributed by atoms with Crippen LogP contribution >= 0.6 is 15.9 Å². The van der Waals surface area contributed by atoms with Crippen LogP contribution in [0.4, 0.5) is 5.95 Å². The number of rotatable bonds is 2. The van der Waals surface area contributed by atoms with Gasteiger partial charge in [0.1, 0.15) is 4.47 Å². The molecule has 0 bridgehead atoms. The van der Waals surface area contributed by atoms with Crippen molar-refractivity contribution in [1.29, 1.82) is 0 Å². The van der Waals surface area contributed by atoms with Gasteiger partial charge in [0.2, 0.25) is 11.8 Å². The van der Waals surface area contributed by atoms with E-state index in [1.54, 1.807) is 7.11 Å². The molecule has 0 saturated carbocycles. The standard InChI is InChI=1S/C12H18BrN3O/c1-8-5-4-6-16(7-8)12-14-9(2)10(13)11(15-12)17-3/h8H,4-7H2,1-3H3.